The molecule has 2 rings (SSSR count). The molecule has 1 aromatic carbocycles. The van der Waals surface area contributed by atoms with Gasteiger partial charge in [0.2, 0.25) is 0 Å². The first-order chi connectivity index (χ1) is 7.72. The highest BCUT2D eigenvalue weighted by Gasteiger charge is 2.08. The van der Waals surface area contributed by atoms with E-state index in [0.717, 1.165) is 10.9 Å². The number of aromatic nitrogens is 1. The maximum absolute atomic E-state index is 10.7. The highest BCUT2D eigenvalue weighted by Crippen LogP contribution is 2.21. The molecule has 2 aromatic rings. The number of methoxy groups -OCH3 is 1. The molecule has 0 spiro atoms. The van der Waals surface area contributed by atoms with Crippen molar-refractivity contribution in [3.8, 4) is 0 Å². The number of hydrogen-bond acceptors (Lipinski definition) is 3. The maximum atomic E-state index is 10.7. The lowest BCUT2D eigenvalue weighted by Gasteiger charge is -2.03. The first-order valence-corrected chi connectivity index (χ1v) is 4.94. The molecule has 0 atom stereocenters. The lowest BCUT2D eigenvalue weighted by molar-refractivity contribution is -0.384. The molecule has 0 unspecified atom stereocenters. The topological polar surface area (TPSA) is 57.3 Å². The van der Waals surface area contributed by atoms with Gasteiger partial charge in [-0.15, -0.1) is 0 Å². The average Bonchev–Trinajstić information content (AvgIpc) is 2.68. The normalized spacial score (nSPS) is 10.8. The van der Waals surface area contributed by atoms with E-state index in [0.29, 0.717) is 13.2 Å². The lowest BCUT2D eigenvalue weighted by atomic mass is 10.2. The molecular formula is C11H12N2O3. The van der Waals surface area contributed by atoms with E-state index in [1.54, 1.807) is 19.2 Å². The molecule has 5 heteroatoms. The highest BCUT2D eigenvalue weighted by atomic mass is 16.6. The van der Waals surface area contributed by atoms with Crippen molar-refractivity contribution in [2.24, 2.45) is 0 Å². The molecule has 0 aliphatic rings. The quantitative estimate of drug-likeness (QED) is 0.586. The molecule has 16 heavy (non-hydrogen) atoms. The van der Waals surface area contributed by atoms with E-state index in [-0.39, 0.29) is 10.6 Å². The Kier molecular flexibility index (Phi) is 2.87. The van der Waals surface area contributed by atoms with Crippen molar-refractivity contribution in [3.63, 3.8) is 0 Å². The summed E-state index contributed by atoms with van der Waals surface area (Å²) in [5.74, 6) is 0. The largest absolute Gasteiger partial charge is 0.383 e. The Balaban J connectivity index is 2.43. The van der Waals surface area contributed by atoms with Crippen LogP contribution in [0, 0.1) is 10.1 Å². The Morgan fingerprint density at radius 1 is 1.44 bits per heavy atom. The summed E-state index contributed by atoms with van der Waals surface area (Å²) in [6.07, 6.45) is 1.91. The van der Waals surface area contributed by atoms with Crippen LogP contribution in [0.15, 0.2) is 30.5 Å². The molecule has 0 amide bonds. The molecule has 0 bridgehead atoms. The van der Waals surface area contributed by atoms with Crippen molar-refractivity contribution in [2.45, 2.75) is 6.54 Å². The van der Waals surface area contributed by atoms with E-state index in [4.69, 9.17) is 4.74 Å². The van der Waals surface area contributed by atoms with Crippen LogP contribution in [-0.2, 0) is 11.3 Å². The molecular weight excluding hydrogens is 208 g/mol. The first-order valence-electron chi connectivity index (χ1n) is 4.94. The third kappa shape index (κ3) is 1.90. The van der Waals surface area contributed by atoms with Gasteiger partial charge in [-0.1, -0.05) is 0 Å². The van der Waals surface area contributed by atoms with Gasteiger partial charge in [-0.2, -0.15) is 0 Å². The van der Waals surface area contributed by atoms with Crippen LogP contribution < -0.4 is 0 Å². The van der Waals surface area contributed by atoms with Gasteiger partial charge >= 0.3 is 0 Å². The van der Waals surface area contributed by atoms with Crippen LogP contribution in [0.2, 0.25) is 0 Å². The summed E-state index contributed by atoms with van der Waals surface area (Å²) in [6.45, 7) is 1.29. The second-order valence-corrected chi connectivity index (χ2v) is 3.50. The fourth-order valence-corrected chi connectivity index (χ4v) is 1.67. The third-order valence-electron chi connectivity index (χ3n) is 2.50. The van der Waals surface area contributed by atoms with Gasteiger partial charge < -0.3 is 9.30 Å². The van der Waals surface area contributed by atoms with Crippen LogP contribution in [0.4, 0.5) is 5.69 Å². The number of ether oxygens (including phenoxy) is 1. The molecule has 0 fully saturated rings. The fraction of sp³-hybridized carbons (Fsp3) is 0.273. The zero-order valence-electron chi connectivity index (χ0n) is 8.92. The molecule has 0 N–H and O–H groups in total. The van der Waals surface area contributed by atoms with Crippen molar-refractivity contribution in [1.29, 1.82) is 0 Å². The van der Waals surface area contributed by atoms with Gasteiger partial charge in [0.05, 0.1) is 17.0 Å². The van der Waals surface area contributed by atoms with Gasteiger partial charge in [-0.3, -0.25) is 10.1 Å². The van der Waals surface area contributed by atoms with E-state index in [1.807, 2.05) is 16.8 Å². The second kappa shape index (κ2) is 4.32. The number of nitrogens with zero attached hydrogens (tertiary/aromatic N) is 2. The number of nitro groups is 1. The molecule has 1 heterocycles. The molecule has 0 aliphatic carbocycles. The summed E-state index contributed by atoms with van der Waals surface area (Å²) in [6, 6.07) is 6.81. The van der Waals surface area contributed by atoms with Crippen LogP contribution in [0.25, 0.3) is 10.9 Å². The summed E-state index contributed by atoms with van der Waals surface area (Å²) in [5.41, 5.74) is 0.983. The molecule has 0 radical (unpaired) electrons. The Bertz CT molecular complexity index is 519. The van der Waals surface area contributed by atoms with Crippen molar-refractivity contribution in [2.75, 3.05) is 13.7 Å². The minimum atomic E-state index is -0.382. The minimum Gasteiger partial charge on any atom is -0.383 e. The monoisotopic (exact) mass is 220 g/mol. The Labute approximate surface area is 92.4 Å². The van der Waals surface area contributed by atoms with Gasteiger partial charge in [0.15, 0.2) is 0 Å². The Morgan fingerprint density at radius 3 is 2.94 bits per heavy atom. The van der Waals surface area contributed by atoms with E-state index >= 15 is 0 Å². The maximum Gasteiger partial charge on any atom is 0.271 e. The van der Waals surface area contributed by atoms with Gasteiger partial charge in [0, 0.05) is 37.4 Å². The van der Waals surface area contributed by atoms with Crippen LogP contribution in [0.1, 0.15) is 0 Å². The first kappa shape index (κ1) is 10.6. The summed E-state index contributed by atoms with van der Waals surface area (Å²) in [5, 5.41) is 11.7. The van der Waals surface area contributed by atoms with Gasteiger partial charge in [-0.05, 0) is 12.1 Å². The summed E-state index contributed by atoms with van der Waals surface area (Å²) in [4.78, 5) is 10.3. The number of nitro benzene ring substituents is 1. The molecule has 5 nitrogen and oxygen atoms in total. The third-order valence-corrected chi connectivity index (χ3v) is 2.50. The lowest BCUT2D eigenvalue weighted by Crippen LogP contribution is -2.02. The Morgan fingerprint density at radius 2 is 2.25 bits per heavy atom. The number of hydrogen-bond donors (Lipinski definition) is 0. The van der Waals surface area contributed by atoms with Crippen molar-refractivity contribution in [1.82, 2.24) is 4.57 Å². The van der Waals surface area contributed by atoms with Crippen LogP contribution >= 0.6 is 0 Å². The molecule has 1 aromatic heterocycles. The molecule has 0 saturated heterocycles. The van der Waals surface area contributed by atoms with Crippen molar-refractivity contribution in [3.05, 3.63) is 40.6 Å². The van der Waals surface area contributed by atoms with E-state index in [2.05, 4.69) is 0 Å². The summed E-state index contributed by atoms with van der Waals surface area (Å²) >= 11 is 0. The van der Waals surface area contributed by atoms with Crippen molar-refractivity contribution < 1.29 is 9.66 Å². The Hall–Kier alpha value is -1.88. The van der Waals surface area contributed by atoms with Gasteiger partial charge in [-0.25, -0.2) is 0 Å². The highest BCUT2D eigenvalue weighted by molar-refractivity contribution is 5.82. The van der Waals surface area contributed by atoms with Gasteiger partial charge in [0.1, 0.15) is 0 Å². The summed E-state index contributed by atoms with van der Waals surface area (Å²) < 4.78 is 6.94. The fourth-order valence-electron chi connectivity index (χ4n) is 1.67. The van der Waals surface area contributed by atoms with E-state index in [1.165, 1.54) is 6.07 Å². The molecule has 0 saturated carbocycles. The van der Waals surface area contributed by atoms with Crippen LogP contribution in [-0.4, -0.2) is 23.2 Å². The summed E-state index contributed by atoms with van der Waals surface area (Å²) in [7, 11) is 1.63. The molecule has 0 aliphatic heterocycles. The average molecular weight is 220 g/mol. The standard InChI is InChI=1S/C11H12N2O3/c1-16-7-6-12-5-4-9-2-3-10(13(14)15)8-11(9)12/h2-5,8H,6-7H2,1H3. The zero-order valence-corrected chi connectivity index (χ0v) is 8.92. The number of non-ortho nitro benzene ring substituents is 1. The number of rotatable bonds is 4. The number of benzene rings is 1. The van der Waals surface area contributed by atoms with E-state index < -0.39 is 0 Å². The zero-order chi connectivity index (χ0) is 11.5. The number of fused-ring (bicyclic) bond motifs is 1. The predicted octanol–water partition coefficient (Wildman–Crippen LogP) is 2.20. The second-order valence-electron chi connectivity index (χ2n) is 3.50. The van der Waals surface area contributed by atoms with Gasteiger partial charge in [0.25, 0.3) is 5.69 Å². The van der Waals surface area contributed by atoms with Crippen LogP contribution in [0.5, 0.6) is 0 Å². The predicted molar refractivity (Wildman–Crippen MR) is 60.5 cm³/mol. The van der Waals surface area contributed by atoms with E-state index in [9.17, 15) is 10.1 Å². The van der Waals surface area contributed by atoms with Crippen molar-refractivity contribution >= 4 is 16.6 Å². The smallest absolute Gasteiger partial charge is 0.271 e. The SMILES string of the molecule is COCCn1ccc2ccc([N+](=O)[O-])cc21. The van der Waals surface area contributed by atoms with Crippen LogP contribution in [0.3, 0.4) is 0 Å². The molecule has 84 valence electrons. The minimum absolute atomic E-state index is 0.116.